The average Bonchev–Trinajstić information content (AvgIpc) is 2.54. The number of hydrogen-bond acceptors (Lipinski definition) is 4. The van der Waals surface area contributed by atoms with Crippen molar-refractivity contribution in [1.82, 2.24) is 9.55 Å². The second-order valence-corrected chi connectivity index (χ2v) is 6.26. The van der Waals surface area contributed by atoms with Crippen LogP contribution in [-0.4, -0.2) is 9.55 Å². The molecular weight excluding hydrogens is 316 g/mol. The van der Waals surface area contributed by atoms with Crippen LogP contribution in [-0.2, 0) is 6.54 Å². The molecule has 0 fully saturated rings. The Balaban J connectivity index is 2.89. The van der Waals surface area contributed by atoms with E-state index in [1.165, 1.54) is 4.57 Å². The fraction of sp³-hybridized carbons (Fsp3) is 0.368. The molecule has 0 bridgehead atoms. The summed E-state index contributed by atoms with van der Waals surface area (Å²) in [6, 6.07) is 9.47. The molecular formula is C19H20N4O2. The van der Waals surface area contributed by atoms with Crippen LogP contribution in [0.3, 0.4) is 0 Å². The van der Waals surface area contributed by atoms with Crippen molar-refractivity contribution in [2.75, 3.05) is 0 Å². The van der Waals surface area contributed by atoms with Crippen LogP contribution < -0.4 is 11.2 Å². The van der Waals surface area contributed by atoms with E-state index in [-0.39, 0.29) is 5.92 Å². The Morgan fingerprint density at radius 2 is 1.88 bits per heavy atom. The maximum Gasteiger partial charge on any atom is 0.328 e. The minimum Gasteiger partial charge on any atom is -0.296 e. The maximum atomic E-state index is 12.4. The molecule has 6 nitrogen and oxygen atoms in total. The first kappa shape index (κ1) is 18.2. The summed E-state index contributed by atoms with van der Waals surface area (Å²) in [5, 5.41) is 19.0. The van der Waals surface area contributed by atoms with Crippen LogP contribution >= 0.6 is 0 Å². The Hall–Kier alpha value is -3.12. The van der Waals surface area contributed by atoms with E-state index in [9.17, 15) is 20.1 Å². The molecule has 25 heavy (non-hydrogen) atoms. The van der Waals surface area contributed by atoms with Gasteiger partial charge in [0, 0.05) is 12.1 Å². The van der Waals surface area contributed by atoms with Crippen LogP contribution in [0.5, 0.6) is 0 Å². The van der Waals surface area contributed by atoms with E-state index in [1.807, 2.05) is 26.8 Å². The van der Waals surface area contributed by atoms with E-state index in [4.69, 9.17) is 0 Å². The molecule has 0 aliphatic heterocycles. The van der Waals surface area contributed by atoms with Gasteiger partial charge in [0.2, 0.25) is 0 Å². The van der Waals surface area contributed by atoms with Crippen molar-refractivity contribution >= 4 is 0 Å². The summed E-state index contributed by atoms with van der Waals surface area (Å²) >= 11 is 0. The number of benzene rings is 1. The predicted molar refractivity (Wildman–Crippen MR) is 94.4 cm³/mol. The molecule has 1 heterocycles. The van der Waals surface area contributed by atoms with Gasteiger partial charge in [-0.25, -0.2) is 4.79 Å². The SMILES string of the molecule is CCn1c(C(C#N)c2cc(C)cc(C#N)c2)c(C(C)C)c(=O)[nH]c1=O. The topological polar surface area (TPSA) is 102 Å². The number of nitrogens with one attached hydrogen (secondary N) is 1. The lowest BCUT2D eigenvalue weighted by Crippen LogP contribution is -2.36. The number of aromatic amines is 1. The Kier molecular flexibility index (Phi) is 5.24. The average molecular weight is 336 g/mol. The minimum atomic E-state index is -0.806. The molecule has 1 atom stereocenters. The molecule has 6 heteroatoms. The maximum absolute atomic E-state index is 12.4. The molecule has 1 N–H and O–H groups in total. The monoisotopic (exact) mass is 336 g/mol. The Morgan fingerprint density at radius 1 is 1.20 bits per heavy atom. The number of aryl methyl sites for hydroxylation is 1. The molecule has 0 radical (unpaired) electrons. The summed E-state index contributed by atoms with van der Waals surface area (Å²) in [5.41, 5.74) is 1.73. The van der Waals surface area contributed by atoms with Crippen molar-refractivity contribution in [3.8, 4) is 12.1 Å². The number of hydrogen-bond donors (Lipinski definition) is 1. The van der Waals surface area contributed by atoms with Crippen molar-refractivity contribution in [2.24, 2.45) is 0 Å². The number of aromatic nitrogens is 2. The largest absolute Gasteiger partial charge is 0.328 e. The molecule has 1 unspecified atom stereocenters. The van der Waals surface area contributed by atoms with Crippen molar-refractivity contribution in [1.29, 1.82) is 10.5 Å². The lowest BCUT2D eigenvalue weighted by molar-refractivity contribution is 0.617. The first-order valence-electron chi connectivity index (χ1n) is 8.12. The van der Waals surface area contributed by atoms with Crippen LogP contribution in [0, 0.1) is 29.6 Å². The van der Waals surface area contributed by atoms with Gasteiger partial charge in [-0.3, -0.25) is 14.3 Å². The lowest BCUT2D eigenvalue weighted by atomic mass is 9.88. The Labute approximate surface area is 146 Å². The molecule has 128 valence electrons. The third-order valence-electron chi connectivity index (χ3n) is 4.14. The molecule has 0 aliphatic carbocycles. The van der Waals surface area contributed by atoms with Gasteiger partial charge in [-0.05, 0) is 43.0 Å². The van der Waals surface area contributed by atoms with E-state index in [0.29, 0.717) is 28.9 Å². The van der Waals surface area contributed by atoms with Gasteiger partial charge in [-0.1, -0.05) is 19.9 Å². The minimum absolute atomic E-state index is 0.159. The summed E-state index contributed by atoms with van der Waals surface area (Å²) in [7, 11) is 0. The summed E-state index contributed by atoms with van der Waals surface area (Å²) in [4.78, 5) is 27.0. The molecule has 0 saturated carbocycles. The Morgan fingerprint density at radius 3 is 2.40 bits per heavy atom. The van der Waals surface area contributed by atoms with Crippen molar-refractivity contribution in [3.63, 3.8) is 0 Å². The summed E-state index contributed by atoms with van der Waals surface area (Å²) < 4.78 is 1.43. The van der Waals surface area contributed by atoms with Gasteiger partial charge in [0.1, 0.15) is 5.92 Å². The predicted octanol–water partition coefficient (Wildman–Crippen LogP) is 2.52. The molecule has 2 rings (SSSR count). The fourth-order valence-corrected chi connectivity index (χ4v) is 3.12. The number of nitriles is 2. The van der Waals surface area contributed by atoms with Crippen molar-refractivity contribution in [2.45, 2.75) is 46.1 Å². The number of nitrogens with zero attached hydrogens (tertiary/aromatic N) is 3. The fourth-order valence-electron chi connectivity index (χ4n) is 3.12. The van der Waals surface area contributed by atoms with Gasteiger partial charge in [0.15, 0.2) is 0 Å². The van der Waals surface area contributed by atoms with Crippen LogP contribution in [0.2, 0.25) is 0 Å². The van der Waals surface area contributed by atoms with Crippen LogP contribution in [0.1, 0.15) is 60.6 Å². The van der Waals surface area contributed by atoms with Crippen LogP contribution in [0.15, 0.2) is 27.8 Å². The lowest BCUT2D eigenvalue weighted by Gasteiger charge is -2.21. The van der Waals surface area contributed by atoms with Crippen LogP contribution in [0.25, 0.3) is 0 Å². The van der Waals surface area contributed by atoms with Gasteiger partial charge in [0.25, 0.3) is 5.56 Å². The number of rotatable bonds is 4. The smallest absolute Gasteiger partial charge is 0.296 e. The zero-order valence-electron chi connectivity index (χ0n) is 14.8. The zero-order valence-corrected chi connectivity index (χ0v) is 14.8. The Bertz CT molecular complexity index is 1000. The molecule has 2 aromatic rings. The molecule has 0 saturated heterocycles. The summed E-state index contributed by atoms with van der Waals surface area (Å²) in [6.45, 7) is 7.67. The molecule has 0 aliphatic rings. The highest BCUT2D eigenvalue weighted by molar-refractivity contribution is 5.45. The zero-order chi connectivity index (χ0) is 18.7. The second-order valence-electron chi connectivity index (χ2n) is 6.26. The molecule has 1 aromatic carbocycles. The van der Waals surface area contributed by atoms with E-state index in [0.717, 1.165) is 5.56 Å². The van der Waals surface area contributed by atoms with Gasteiger partial charge >= 0.3 is 5.69 Å². The molecule has 0 amide bonds. The second kappa shape index (κ2) is 7.19. The quantitative estimate of drug-likeness (QED) is 0.926. The first-order valence-corrected chi connectivity index (χ1v) is 8.12. The van der Waals surface area contributed by atoms with Gasteiger partial charge in [0.05, 0.1) is 23.4 Å². The van der Waals surface area contributed by atoms with E-state index in [1.54, 1.807) is 19.1 Å². The standard InChI is InChI=1S/C19H20N4O2/c1-5-23-17(16(11(2)3)18(24)22-19(23)25)15(10-21)14-7-12(4)6-13(8-14)9-20/h6-8,11,15H,5H2,1-4H3,(H,22,24,25). The summed E-state index contributed by atoms with van der Waals surface area (Å²) in [6.07, 6.45) is 0. The molecule has 0 spiro atoms. The van der Waals surface area contributed by atoms with Crippen LogP contribution in [0.4, 0.5) is 0 Å². The molecule has 1 aromatic heterocycles. The van der Waals surface area contributed by atoms with Crippen molar-refractivity contribution in [3.05, 3.63) is 67.0 Å². The van der Waals surface area contributed by atoms with Crippen molar-refractivity contribution < 1.29 is 0 Å². The van der Waals surface area contributed by atoms with Gasteiger partial charge < -0.3 is 0 Å². The third kappa shape index (κ3) is 3.39. The highest BCUT2D eigenvalue weighted by atomic mass is 16.2. The normalized spacial score (nSPS) is 11.8. The van der Waals surface area contributed by atoms with E-state index < -0.39 is 17.2 Å². The summed E-state index contributed by atoms with van der Waals surface area (Å²) in [5.74, 6) is -0.965. The van der Waals surface area contributed by atoms with E-state index in [2.05, 4.69) is 17.1 Å². The highest BCUT2D eigenvalue weighted by Gasteiger charge is 2.26. The highest BCUT2D eigenvalue weighted by Crippen LogP contribution is 2.29. The number of H-pyrrole nitrogens is 1. The van der Waals surface area contributed by atoms with Gasteiger partial charge in [-0.2, -0.15) is 10.5 Å². The third-order valence-corrected chi connectivity index (χ3v) is 4.14. The first-order chi connectivity index (χ1) is 11.8. The van der Waals surface area contributed by atoms with Gasteiger partial charge in [-0.15, -0.1) is 0 Å². The van der Waals surface area contributed by atoms with E-state index >= 15 is 0 Å².